The number of piperidine rings is 1. The number of thioether (sulfide) groups is 1. The molecule has 1 aromatic heterocycles. The van der Waals surface area contributed by atoms with Gasteiger partial charge in [0.25, 0.3) is 5.91 Å². The van der Waals surface area contributed by atoms with E-state index in [2.05, 4.69) is 16.8 Å². The molecule has 0 atom stereocenters. The number of amides is 1. The number of aromatic nitrogens is 2. The van der Waals surface area contributed by atoms with Crippen molar-refractivity contribution in [1.82, 2.24) is 19.0 Å². The molecule has 202 valence electrons. The first-order chi connectivity index (χ1) is 18.9. The summed E-state index contributed by atoms with van der Waals surface area (Å²) in [6.07, 6.45) is 7.66. The Labute approximate surface area is 233 Å². The zero-order chi connectivity index (χ0) is 27.0. The van der Waals surface area contributed by atoms with Crippen molar-refractivity contribution in [3.8, 4) is 16.9 Å². The molecular formula is C29H31N5O3S2. The molecule has 0 spiro atoms. The van der Waals surface area contributed by atoms with E-state index in [4.69, 9.17) is 5.10 Å². The van der Waals surface area contributed by atoms with Crippen LogP contribution in [0.25, 0.3) is 23.0 Å². The van der Waals surface area contributed by atoms with Crippen LogP contribution in [0.1, 0.15) is 38.2 Å². The van der Waals surface area contributed by atoms with Crippen LogP contribution in [0, 0.1) is 5.92 Å². The molecule has 0 bridgehead atoms. The van der Waals surface area contributed by atoms with Crippen LogP contribution in [0.15, 0.2) is 75.6 Å². The fourth-order valence-electron chi connectivity index (χ4n) is 5.19. The molecule has 0 aliphatic carbocycles. The molecule has 2 saturated heterocycles. The Morgan fingerprint density at radius 3 is 2.46 bits per heavy atom. The average molecular weight is 562 g/mol. The van der Waals surface area contributed by atoms with Gasteiger partial charge in [0.1, 0.15) is 5.69 Å². The van der Waals surface area contributed by atoms with Gasteiger partial charge in [-0.25, -0.2) is 13.1 Å². The second-order valence-corrected chi connectivity index (χ2v) is 13.3. The van der Waals surface area contributed by atoms with E-state index in [0.29, 0.717) is 35.2 Å². The summed E-state index contributed by atoms with van der Waals surface area (Å²) >= 11 is 1.40. The molecule has 0 N–H and O–H groups in total. The molecule has 3 aliphatic rings. The highest BCUT2D eigenvalue weighted by atomic mass is 32.2. The molecule has 0 saturated carbocycles. The summed E-state index contributed by atoms with van der Waals surface area (Å²) in [7, 11) is -3.58. The molecule has 0 unspecified atom stereocenters. The number of benzene rings is 2. The molecule has 6 rings (SSSR count). The Kier molecular flexibility index (Phi) is 7.18. The van der Waals surface area contributed by atoms with Gasteiger partial charge < -0.3 is 4.90 Å². The maximum absolute atomic E-state index is 13.3. The van der Waals surface area contributed by atoms with Gasteiger partial charge in [0.05, 0.1) is 15.5 Å². The molecule has 1 amide bonds. The molecule has 39 heavy (non-hydrogen) atoms. The third-order valence-corrected chi connectivity index (χ3v) is 10.5. The van der Waals surface area contributed by atoms with Crippen LogP contribution in [0.2, 0.25) is 0 Å². The Hall–Kier alpha value is -3.21. The van der Waals surface area contributed by atoms with Crippen molar-refractivity contribution >= 4 is 38.9 Å². The standard InChI is InChI=1S/C29H31N5O3S2/c1-21-12-16-32(17-13-21)29-30-28(35)26(38-29)19-23-20-34(24-9-3-2-4-10-24)31-27(23)22-8-7-11-25(18-22)39(36,37)33-14-5-6-15-33/h2-4,7-11,18-21H,5-6,12-17H2,1H3. The van der Waals surface area contributed by atoms with Crippen molar-refractivity contribution < 1.29 is 13.2 Å². The second-order valence-electron chi connectivity index (χ2n) is 10.3. The lowest BCUT2D eigenvalue weighted by molar-refractivity contribution is -0.113. The van der Waals surface area contributed by atoms with Gasteiger partial charge in [0, 0.05) is 43.5 Å². The third-order valence-electron chi connectivity index (χ3n) is 7.52. The highest BCUT2D eigenvalue weighted by molar-refractivity contribution is 8.18. The lowest BCUT2D eigenvalue weighted by Crippen LogP contribution is -2.35. The predicted octanol–water partition coefficient (Wildman–Crippen LogP) is 5.03. The minimum absolute atomic E-state index is 0.252. The predicted molar refractivity (Wildman–Crippen MR) is 155 cm³/mol. The van der Waals surface area contributed by atoms with Gasteiger partial charge in [0.2, 0.25) is 10.0 Å². The summed E-state index contributed by atoms with van der Waals surface area (Å²) in [5.41, 5.74) is 2.89. The molecule has 10 heteroatoms. The van der Waals surface area contributed by atoms with Crippen molar-refractivity contribution in [3.63, 3.8) is 0 Å². The highest BCUT2D eigenvalue weighted by Gasteiger charge is 2.30. The Bertz CT molecular complexity index is 1550. The van der Waals surface area contributed by atoms with E-state index in [0.717, 1.165) is 55.2 Å². The monoisotopic (exact) mass is 561 g/mol. The fraction of sp³-hybridized carbons (Fsp3) is 0.345. The Balaban J connectivity index is 1.37. The minimum atomic E-state index is -3.58. The fourth-order valence-corrected chi connectivity index (χ4v) is 7.71. The smallest absolute Gasteiger partial charge is 0.286 e. The maximum Gasteiger partial charge on any atom is 0.286 e. The number of hydrogen-bond acceptors (Lipinski definition) is 6. The van der Waals surface area contributed by atoms with Gasteiger partial charge in [-0.15, -0.1) is 0 Å². The first kappa shape index (κ1) is 26.0. The average Bonchev–Trinajstić information content (AvgIpc) is 3.71. The van der Waals surface area contributed by atoms with E-state index < -0.39 is 10.0 Å². The molecule has 3 aliphatic heterocycles. The maximum atomic E-state index is 13.3. The van der Waals surface area contributed by atoms with E-state index in [1.165, 1.54) is 11.8 Å². The normalized spacial score (nSPS) is 20.2. The van der Waals surface area contributed by atoms with E-state index in [-0.39, 0.29) is 10.8 Å². The third kappa shape index (κ3) is 5.33. The molecule has 0 radical (unpaired) electrons. The van der Waals surface area contributed by atoms with Crippen LogP contribution in [0.3, 0.4) is 0 Å². The largest absolute Gasteiger partial charge is 0.351 e. The zero-order valence-electron chi connectivity index (χ0n) is 21.9. The number of hydrogen-bond donors (Lipinski definition) is 0. The summed E-state index contributed by atoms with van der Waals surface area (Å²) in [6.45, 7) is 5.16. The summed E-state index contributed by atoms with van der Waals surface area (Å²) in [5, 5.41) is 5.61. The van der Waals surface area contributed by atoms with Gasteiger partial charge in [-0.1, -0.05) is 37.3 Å². The highest BCUT2D eigenvalue weighted by Crippen LogP contribution is 2.35. The quantitative estimate of drug-likeness (QED) is 0.406. The van der Waals surface area contributed by atoms with E-state index in [1.54, 1.807) is 27.2 Å². The van der Waals surface area contributed by atoms with Crippen LogP contribution < -0.4 is 0 Å². The van der Waals surface area contributed by atoms with E-state index >= 15 is 0 Å². The summed E-state index contributed by atoms with van der Waals surface area (Å²) in [5.74, 6) is 0.438. The minimum Gasteiger partial charge on any atom is -0.351 e. The first-order valence-corrected chi connectivity index (χ1v) is 15.7. The lowest BCUT2D eigenvalue weighted by Gasteiger charge is -2.30. The lowest BCUT2D eigenvalue weighted by atomic mass is 10.00. The van der Waals surface area contributed by atoms with Crippen molar-refractivity contribution in [2.24, 2.45) is 10.9 Å². The summed E-state index contributed by atoms with van der Waals surface area (Å²) in [6, 6.07) is 16.7. The first-order valence-electron chi connectivity index (χ1n) is 13.4. The number of rotatable bonds is 5. The number of amidine groups is 1. The van der Waals surface area contributed by atoms with Crippen molar-refractivity contribution in [2.75, 3.05) is 26.2 Å². The van der Waals surface area contributed by atoms with Crippen LogP contribution in [0.4, 0.5) is 0 Å². The molecule has 8 nitrogen and oxygen atoms in total. The number of carbonyl (C=O) groups is 1. The van der Waals surface area contributed by atoms with Crippen LogP contribution in [-0.2, 0) is 14.8 Å². The molecule has 2 fully saturated rings. The van der Waals surface area contributed by atoms with Crippen LogP contribution in [0.5, 0.6) is 0 Å². The van der Waals surface area contributed by atoms with Gasteiger partial charge in [-0.3, -0.25) is 4.79 Å². The SMILES string of the molecule is CC1CCN(C2=NC(=O)C(=Cc3cn(-c4ccccc4)nc3-c3cccc(S(=O)(=O)N4CCCC4)c3)S2)CC1. The molecule has 2 aromatic carbocycles. The van der Waals surface area contributed by atoms with E-state index in [1.807, 2.05) is 48.7 Å². The Morgan fingerprint density at radius 1 is 0.974 bits per heavy atom. The molecular weight excluding hydrogens is 530 g/mol. The van der Waals surface area contributed by atoms with Crippen molar-refractivity contribution in [3.05, 3.63) is 71.3 Å². The Morgan fingerprint density at radius 2 is 1.72 bits per heavy atom. The molecule has 3 aromatic rings. The number of sulfonamides is 1. The van der Waals surface area contributed by atoms with Gasteiger partial charge in [-0.2, -0.15) is 14.4 Å². The molecule has 4 heterocycles. The zero-order valence-corrected chi connectivity index (χ0v) is 23.5. The summed E-state index contributed by atoms with van der Waals surface area (Å²) < 4.78 is 29.9. The number of carbonyl (C=O) groups excluding carboxylic acids is 1. The summed E-state index contributed by atoms with van der Waals surface area (Å²) in [4.78, 5) is 20.3. The number of aliphatic imine (C=N–C) groups is 1. The van der Waals surface area contributed by atoms with E-state index in [9.17, 15) is 13.2 Å². The topological polar surface area (TPSA) is 87.9 Å². The van der Waals surface area contributed by atoms with Crippen molar-refractivity contribution in [1.29, 1.82) is 0 Å². The van der Waals surface area contributed by atoms with Crippen LogP contribution >= 0.6 is 11.8 Å². The van der Waals surface area contributed by atoms with Gasteiger partial charge in [0.15, 0.2) is 5.17 Å². The van der Waals surface area contributed by atoms with Crippen LogP contribution in [-0.4, -0.2) is 64.7 Å². The van der Waals surface area contributed by atoms with Crippen molar-refractivity contribution in [2.45, 2.75) is 37.5 Å². The second kappa shape index (κ2) is 10.7. The number of likely N-dealkylation sites (tertiary alicyclic amines) is 1. The number of nitrogens with zero attached hydrogens (tertiary/aromatic N) is 5. The van der Waals surface area contributed by atoms with Gasteiger partial charge in [-0.05, 0) is 73.7 Å². The van der Waals surface area contributed by atoms with Gasteiger partial charge >= 0.3 is 0 Å². The number of para-hydroxylation sites is 1.